The Kier molecular flexibility index (Phi) is 5.80. The molecule has 0 spiro atoms. The van der Waals surface area contributed by atoms with E-state index < -0.39 is 0 Å². The number of aryl methyl sites for hydroxylation is 1. The van der Waals surface area contributed by atoms with Crippen LogP contribution in [0, 0.1) is 6.92 Å². The first-order valence-corrected chi connectivity index (χ1v) is 9.90. The maximum atomic E-state index is 5.53. The molecule has 2 fully saturated rings. The monoisotopic (exact) mass is 364 g/mol. The smallest absolute Gasteiger partial charge is 0.132 e. The molecule has 3 heterocycles. The Labute approximate surface area is 161 Å². The molecule has 0 bridgehead atoms. The summed E-state index contributed by atoms with van der Waals surface area (Å²) in [5.41, 5.74) is 2.40. The lowest BCUT2D eigenvalue weighted by molar-refractivity contribution is 0.193. The van der Waals surface area contributed by atoms with Crippen LogP contribution in [-0.2, 0) is 4.74 Å². The third-order valence-corrected chi connectivity index (χ3v) is 5.36. The molecular formula is C22H28N4O. The van der Waals surface area contributed by atoms with Gasteiger partial charge in [0.15, 0.2) is 0 Å². The number of anilines is 1. The molecule has 142 valence electrons. The van der Waals surface area contributed by atoms with Crippen LogP contribution in [0.15, 0.2) is 42.5 Å². The van der Waals surface area contributed by atoms with Crippen molar-refractivity contribution in [1.82, 2.24) is 14.9 Å². The minimum Gasteiger partial charge on any atom is -0.381 e. The van der Waals surface area contributed by atoms with Crippen LogP contribution < -0.4 is 4.90 Å². The molecule has 1 atom stereocenters. The van der Waals surface area contributed by atoms with Gasteiger partial charge < -0.3 is 9.64 Å². The largest absolute Gasteiger partial charge is 0.381 e. The van der Waals surface area contributed by atoms with Gasteiger partial charge in [0.05, 0.1) is 12.3 Å². The van der Waals surface area contributed by atoms with E-state index in [2.05, 4.69) is 63.3 Å². The first-order valence-electron chi connectivity index (χ1n) is 9.90. The number of nitrogens with zero attached hydrogens (tertiary/aromatic N) is 4. The number of piperazine rings is 1. The highest BCUT2D eigenvalue weighted by atomic mass is 16.5. The standard InChI is InChI=1S/C22H28N4O/c1-18-23-21(20-9-15-27-17-20)16-22(24-18)26-13-11-25(12-14-26)10-5-8-19-6-3-2-4-7-19/h2-8,16,20H,9-15,17H2,1H3/b8-5+/t20-/m0/s1. The first kappa shape index (κ1) is 18.1. The first-order chi connectivity index (χ1) is 13.3. The predicted molar refractivity (Wildman–Crippen MR) is 109 cm³/mol. The average Bonchev–Trinajstić information content (AvgIpc) is 3.24. The van der Waals surface area contributed by atoms with E-state index in [0.717, 1.165) is 69.7 Å². The maximum absolute atomic E-state index is 5.53. The quantitative estimate of drug-likeness (QED) is 0.815. The van der Waals surface area contributed by atoms with Crippen molar-refractivity contribution in [1.29, 1.82) is 0 Å². The van der Waals surface area contributed by atoms with Crippen molar-refractivity contribution in [2.45, 2.75) is 19.3 Å². The number of hydrogen-bond acceptors (Lipinski definition) is 5. The van der Waals surface area contributed by atoms with Crippen LogP contribution in [0.5, 0.6) is 0 Å². The van der Waals surface area contributed by atoms with Gasteiger partial charge in [-0.15, -0.1) is 0 Å². The molecule has 5 heteroatoms. The van der Waals surface area contributed by atoms with Gasteiger partial charge in [-0.1, -0.05) is 42.5 Å². The molecule has 0 aliphatic carbocycles. The zero-order valence-corrected chi connectivity index (χ0v) is 16.1. The van der Waals surface area contributed by atoms with Crippen LogP contribution in [0.3, 0.4) is 0 Å². The molecule has 2 aliphatic rings. The minimum atomic E-state index is 0.426. The second kappa shape index (κ2) is 8.63. The zero-order valence-electron chi connectivity index (χ0n) is 16.1. The second-order valence-corrected chi connectivity index (χ2v) is 7.36. The topological polar surface area (TPSA) is 41.5 Å². The van der Waals surface area contributed by atoms with Crippen LogP contribution >= 0.6 is 0 Å². The Balaban J connectivity index is 1.33. The number of aromatic nitrogens is 2. The molecule has 1 aromatic carbocycles. The molecule has 2 aliphatic heterocycles. The van der Waals surface area contributed by atoms with Gasteiger partial charge in [-0.25, -0.2) is 9.97 Å². The summed E-state index contributed by atoms with van der Waals surface area (Å²) >= 11 is 0. The highest BCUT2D eigenvalue weighted by Crippen LogP contribution is 2.26. The van der Waals surface area contributed by atoms with E-state index in [1.54, 1.807) is 0 Å². The molecule has 0 N–H and O–H groups in total. The van der Waals surface area contributed by atoms with Gasteiger partial charge in [-0.2, -0.15) is 0 Å². The fraction of sp³-hybridized carbons (Fsp3) is 0.455. The van der Waals surface area contributed by atoms with Crippen molar-refractivity contribution in [3.63, 3.8) is 0 Å². The van der Waals surface area contributed by atoms with Gasteiger partial charge >= 0.3 is 0 Å². The van der Waals surface area contributed by atoms with Gasteiger partial charge in [0, 0.05) is 51.3 Å². The number of benzene rings is 1. The van der Waals surface area contributed by atoms with Crippen molar-refractivity contribution in [3.8, 4) is 0 Å². The molecule has 5 nitrogen and oxygen atoms in total. The van der Waals surface area contributed by atoms with Gasteiger partial charge in [0.2, 0.25) is 0 Å². The van der Waals surface area contributed by atoms with Crippen LogP contribution in [-0.4, -0.2) is 60.8 Å². The van der Waals surface area contributed by atoms with E-state index in [1.165, 1.54) is 5.56 Å². The van der Waals surface area contributed by atoms with Crippen LogP contribution in [0.25, 0.3) is 6.08 Å². The fourth-order valence-electron chi connectivity index (χ4n) is 3.77. The third kappa shape index (κ3) is 4.73. The summed E-state index contributed by atoms with van der Waals surface area (Å²) in [6, 6.07) is 12.7. The van der Waals surface area contributed by atoms with Crippen molar-refractivity contribution in [2.75, 3.05) is 50.8 Å². The summed E-state index contributed by atoms with van der Waals surface area (Å²) < 4.78 is 5.53. The van der Waals surface area contributed by atoms with Crippen LogP contribution in [0.1, 0.15) is 29.4 Å². The van der Waals surface area contributed by atoms with E-state index in [-0.39, 0.29) is 0 Å². The van der Waals surface area contributed by atoms with E-state index in [9.17, 15) is 0 Å². The Hall–Kier alpha value is -2.24. The normalized spacial score (nSPS) is 21.2. The Morgan fingerprint density at radius 3 is 2.67 bits per heavy atom. The fourth-order valence-corrected chi connectivity index (χ4v) is 3.77. The summed E-state index contributed by atoms with van der Waals surface area (Å²) in [7, 11) is 0. The van der Waals surface area contributed by atoms with Gasteiger partial charge in [-0.3, -0.25) is 4.90 Å². The third-order valence-electron chi connectivity index (χ3n) is 5.36. The maximum Gasteiger partial charge on any atom is 0.132 e. The second-order valence-electron chi connectivity index (χ2n) is 7.36. The van der Waals surface area contributed by atoms with E-state index in [0.29, 0.717) is 5.92 Å². The van der Waals surface area contributed by atoms with Crippen LogP contribution in [0.2, 0.25) is 0 Å². The molecule has 0 saturated carbocycles. The Morgan fingerprint density at radius 2 is 1.93 bits per heavy atom. The van der Waals surface area contributed by atoms with Gasteiger partial charge in [0.1, 0.15) is 11.6 Å². The zero-order chi connectivity index (χ0) is 18.5. The lowest BCUT2D eigenvalue weighted by Gasteiger charge is -2.35. The summed E-state index contributed by atoms with van der Waals surface area (Å²) in [4.78, 5) is 14.2. The molecule has 0 radical (unpaired) electrons. The molecule has 27 heavy (non-hydrogen) atoms. The summed E-state index contributed by atoms with van der Waals surface area (Å²) in [5, 5.41) is 0. The van der Waals surface area contributed by atoms with Crippen LogP contribution in [0.4, 0.5) is 5.82 Å². The highest BCUT2D eigenvalue weighted by molar-refractivity contribution is 5.48. The molecule has 0 unspecified atom stereocenters. The lowest BCUT2D eigenvalue weighted by Crippen LogP contribution is -2.46. The minimum absolute atomic E-state index is 0.426. The number of rotatable bonds is 5. The van der Waals surface area contributed by atoms with Gasteiger partial charge in [-0.05, 0) is 18.9 Å². The molecular weight excluding hydrogens is 336 g/mol. The van der Waals surface area contributed by atoms with E-state index >= 15 is 0 Å². The van der Waals surface area contributed by atoms with Crippen molar-refractivity contribution in [3.05, 3.63) is 59.6 Å². The lowest BCUT2D eigenvalue weighted by atomic mass is 10.0. The van der Waals surface area contributed by atoms with E-state index in [1.807, 2.05) is 6.92 Å². The Morgan fingerprint density at radius 1 is 1.11 bits per heavy atom. The SMILES string of the molecule is Cc1nc([C@H]2CCOC2)cc(N2CCN(C/C=C/c3ccccc3)CC2)n1. The number of ether oxygens (including phenoxy) is 1. The molecule has 2 aromatic rings. The molecule has 1 aromatic heterocycles. The average molecular weight is 364 g/mol. The van der Waals surface area contributed by atoms with Crippen molar-refractivity contribution >= 4 is 11.9 Å². The molecule has 2 saturated heterocycles. The predicted octanol–water partition coefficient (Wildman–Crippen LogP) is 3.12. The summed E-state index contributed by atoms with van der Waals surface area (Å²) in [5.74, 6) is 2.36. The molecule has 4 rings (SSSR count). The van der Waals surface area contributed by atoms with E-state index in [4.69, 9.17) is 9.72 Å². The summed E-state index contributed by atoms with van der Waals surface area (Å²) in [6.45, 7) is 8.76. The van der Waals surface area contributed by atoms with Crippen molar-refractivity contribution in [2.24, 2.45) is 0 Å². The van der Waals surface area contributed by atoms with Gasteiger partial charge in [0.25, 0.3) is 0 Å². The Bertz CT molecular complexity index is 763. The summed E-state index contributed by atoms with van der Waals surface area (Å²) in [6.07, 6.45) is 5.53. The number of hydrogen-bond donors (Lipinski definition) is 0. The highest BCUT2D eigenvalue weighted by Gasteiger charge is 2.23. The van der Waals surface area contributed by atoms with Crippen molar-refractivity contribution < 1.29 is 4.74 Å². The molecule has 0 amide bonds.